The molecule has 5 nitrogen and oxygen atoms in total. The zero-order chi connectivity index (χ0) is 9.97. The molecule has 0 amide bonds. The van der Waals surface area contributed by atoms with E-state index in [1.165, 1.54) is 0 Å². The predicted molar refractivity (Wildman–Crippen MR) is 49.8 cm³/mol. The van der Waals surface area contributed by atoms with Crippen LogP contribution in [0.15, 0.2) is 0 Å². The lowest BCUT2D eigenvalue weighted by molar-refractivity contribution is 0.0735. The lowest BCUT2D eigenvalue weighted by Gasteiger charge is -2.21. The summed E-state index contributed by atoms with van der Waals surface area (Å²) in [7, 11) is 1.66. The van der Waals surface area contributed by atoms with E-state index in [-0.39, 0.29) is 0 Å². The van der Waals surface area contributed by atoms with E-state index in [2.05, 4.69) is 10.2 Å². The van der Waals surface area contributed by atoms with Crippen LogP contribution in [0.25, 0.3) is 0 Å². The van der Waals surface area contributed by atoms with Gasteiger partial charge in [-0.3, -0.25) is 4.57 Å². The predicted octanol–water partition coefficient (Wildman–Crippen LogP) is 0.294. The van der Waals surface area contributed by atoms with Crippen molar-refractivity contribution in [3.05, 3.63) is 11.6 Å². The lowest BCUT2D eigenvalue weighted by atomic mass is 10.1. The number of hydrogen-bond acceptors (Lipinski definition) is 4. The Morgan fingerprint density at radius 2 is 2.43 bits per heavy atom. The Balaban J connectivity index is 2.20. The van der Waals surface area contributed by atoms with Crippen LogP contribution in [-0.2, 0) is 17.6 Å². The fourth-order valence-electron chi connectivity index (χ4n) is 1.81. The third kappa shape index (κ3) is 1.65. The number of aliphatic hydroxyl groups excluding tert-OH is 1. The SMILES string of the molecule is COCCc1nnc2n1C(O)CCC2. The normalized spacial score (nSPS) is 20.9. The van der Waals surface area contributed by atoms with Crippen molar-refractivity contribution < 1.29 is 9.84 Å². The number of fused-ring (bicyclic) bond motifs is 1. The average molecular weight is 197 g/mol. The van der Waals surface area contributed by atoms with E-state index in [1.807, 2.05) is 4.57 Å². The summed E-state index contributed by atoms with van der Waals surface area (Å²) >= 11 is 0. The summed E-state index contributed by atoms with van der Waals surface area (Å²) in [6, 6.07) is 0. The zero-order valence-corrected chi connectivity index (χ0v) is 8.31. The Bertz CT molecular complexity index is 311. The zero-order valence-electron chi connectivity index (χ0n) is 8.31. The van der Waals surface area contributed by atoms with E-state index in [0.717, 1.165) is 30.9 Å². The number of nitrogens with zero attached hydrogens (tertiary/aromatic N) is 3. The van der Waals surface area contributed by atoms with Crippen LogP contribution >= 0.6 is 0 Å². The molecule has 0 radical (unpaired) electrons. The van der Waals surface area contributed by atoms with Gasteiger partial charge in [-0.1, -0.05) is 0 Å². The highest BCUT2D eigenvalue weighted by atomic mass is 16.5. The number of aryl methyl sites for hydroxylation is 1. The highest BCUT2D eigenvalue weighted by molar-refractivity contribution is 5.00. The van der Waals surface area contributed by atoms with E-state index in [0.29, 0.717) is 13.0 Å². The van der Waals surface area contributed by atoms with Crippen molar-refractivity contribution >= 4 is 0 Å². The first-order chi connectivity index (χ1) is 6.83. The Labute approximate surface area is 82.7 Å². The molecule has 1 N–H and O–H groups in total. The van der Waals surface area contributed by atoms with Gasteiger partial charge in [-0.2, -0.15) is 0 Å². The summed E-state index contributed by atoms with van der Waals surface area (Å²) in [5, 5.41) is 17.9. The molecule has 1 aromatic heterocycles. The molecule has 0 bridgehead atoms. The summed E-state index contributed by atoms with van der Waals surface area (Å²) in [5.41, 5.74) is 0. The van der Waals surface area contributed by atoms with Gasteiger partial charge in [-0.15, -0.1) is 10.2 Å². The number of ether oxygens (including phenoxy) is 1. The van der Waals surface area contributed by atoms with E-state index in [9.17, 15) is 5.11 Å². The maximum atomic E-state index is 9.77. The minimum Gasteiger partial charge on any atom is -0.384 e. The molecule has 78 valence electrons. The van der Waals surface area contributed by atoms with Gasteiger partial charge in [0, 0.05) is 20.0 Å². The molecule has 2 heterocycles. The minimum atomic E-state index is -0.444. The fourth-order valence-corrected chi connectivity index (χ4v) is 1.81. The van der Waals surface area contributed by atoms with Crippen molar-refractivity contribution in [3.8, 4) is 0 Å². The third-order valence-corrected chi connectivity index (χ3v) is 2.53. The molecule has 2 rings (SSSR count). The van der Waals surface area contributed by atoms with Crippen LogP contribution in [0.1, 0.15) is 30.7 Å². The first-order valence-corrected chi connectivity index (χ1v) is 4.92. The second-order valence-electron chi connectivity index (χ2n) is 3.52. The Kier molecular flexibility index (Phi) is 2.79. The van der Waals surface area contributed by atoms with Crippen LogP contribution in [0.3, 0.4) is 0 Å². The van der Waals surface area contributed by atoms with Gasteiger partial charge in [0.1, 0.15) is 17.9 Å². The molecule has 14 heavy (non-hydrogen) atoms. The largest absolute Gasteiger partial charge is 0.384 e. The van der Waals surface area contributed by atoms with E-state index >= 15 is 0 Å². The van der Waals surface area contributed by atoms with Crippen molar-refractivity contribution in [1.82, 2.24) is 14.8 Å². The number of hydrogen-bond donors (Lipinski definition) is 1. The fraction of sp³-hybridized carbons (Fsp3) is 0.778. The molecular formula is C9H15N3O2. The highest BCUT2D eigenvalue weighted by Crippen LogP contribution is 2.22. The van der Waals surface area contributed by atoms with Crippen molar-refractivity contribution in [2.24, 2.45) is 0 Å². The molecule has 0 aliphatic carbocycles. The third-order valence-electron chi connectivity index (χ3n) is 2.53. The van der Waals surface area contributed by atoms with E-state index in [1.54, 1.807) is 7.11 Å². The number of rotatable bonds is 3. The molecule has 0 saturated carbocycles. The van der Waals surface area contributed by atoms with Gasteiger partial charge in [-0.05, 0) is 12.8 Å². The second-order valence-corrected chi connectivity index (χ2v) is 3.52. The second kappa shape index (κ2) is 4.06. The van der Waals surface area contributed by atoms with Gasteiger partial charge in [-0.25, -0.2) is 0 Å². The molecule has 1 aromatic rings. The first kappa shape index (κ1) is 9.61. The van der Waals surface area contributed by atoms with Crippen LogP contribution in [-0.4, -0.2) is 33.6 Å². The molecule has 1 unspecified atom stereocenters. The molecule has 0 fully saturated rings. The van der Waals surface area contributed by atoms with Gasteiger partial charge in [0.2, 0.25) is 0 Å². The van der Waals surface area contributed by atoms with Gasteiger partial charge >= 0.3 is 0 Å². The van der Waals surface area contributed by atoms with Crippen LogP contribution in [0, 0.1) is 0 Å². The number of aromatic nitrogens is 3. The molecule has 1 aliphatic rings. The van der Waals surface area contributed by atoms with Crippen LogP contribution in [0.5, 0.6) is 0 Å². The maximum absolute atomic E-state index is 9.77. The highest BCUT2D eigenvalue weighted by Gasteiger charge is 2.22. The Morgan fingerprint density at radius 1 is 1.57 bits per heavy atom. The number of methoxy groups -OCH3 is 1. The Hall–Kier alpha value is -0.940. The quantitative estimate of drug-likeness (QED) is 0.756. The number of aliphatic hydroxyl groups is 1. The summed E-state index contributed by atoms with van der Waals surface area (Å²) < 4.78 is 6.81. The standard InChI is InChI=1S/C9H15N3O2/c1-14-6-5-8-11-10-7-3-2-4-9(13)12(7)8/h9,13H,2-6H2,1H3. The summed E-state index contributed by atoms with van der Waals surface area (Å²) in [5.74, 6) is 1.73. The van der Waals surface area contributed by atoms with Crippen molar-refractivity contribution in [1.29, 1.82) is 0 Å². The molecule has 0 spiro atoms. The van der Waals surface area contributed by atoms with Crippen LogP contribution in [0.2, 0.25) is 0 Å². The smallest absolute Gasteiger partial charge is 0.137 e. The van der Waals surface area contributed by atoms with Crippen LogP contribution < -0.4 is 0 Å². The van der Waals surface area contributed by atoms with Crippen molar-refractivity contribution in [3.63, 3.8) is 0 Å². The van der Waals surface area contributed by atoms with Crippen molar-refractivity contribution in [2.45, 2.75) is 31.9 Å². The molecular weight excluding hydrogens is 182 g/mol. The average Bonchev–Trinajstić information content (AvgIpc) is 2.59. The van der Waals surface area contributed by atoms with Gasteiger partial charge < -0.3 is 9.84 Å². The van der Waals surface area contributed by atoms with Gasteiger partial charge in [0.15, 0.2) is 0 Å². The summed E-state index contributed by atoms with van der Waals surface area (Å²) in [6.07, 6.45) is 2.97. The Morgan fingerprint density at radius 3 is 3.21 bits per heavy atom. The minimum absolute atomic E-state index is 0.444. The molecule has 1 aliphatic heterocycles. The monoisotopic (exact) mass is 197 g/mol. The molecule has 0 aromatic carbocycles. The van der Waals surface area contributed by atoms with E-state index < -0.39 is 6.23 Å². The molecule has 5 heteroatoms. The molecule has 0 saturated heterocycles. The summed E-state index contributed by atoms with van der Waals surface area (Å²) in [4.78, 5) is 0. The topological polar surface area (TPSA) is 60.2 Å². The first-order valence-electron chi connectivity index (χ1n) is 4.92. The van der Waals surface area contributed by atoms with Crippen LogP contribution in [0.4, 0.5) is 0 Å². The maximum Gasteiger partial charge on any atom is 0.137 e. The molecule has 1 atom stereocenters. The van der Waals surface area contributed by atoms with Gasteiger partial charge in [0.25, 0.3) is 0 Å². The lowest BCUT2D eigenvalue weighted by Crippen LogP contribution is -2.20. The van der Waals surface area contributed by atoms with E-state index in [4.69, 9.17) is 4.74 Å². The van der Waals surface area contributed by atoms with Crippen molar-refractivity contribution in [2.75, 3.05) is 13.7 Å². The van der Waals surface area contributed by atoms with Gasteiger partial charge in [0.05, 0.1) is 6.61 Å². The summed E-state index contributed by atoms with van der Waals surface area (Å²) in [6.45, 7) is 0.616.